The minimum Gasteiger partial charge on any atom is -0.493 e. The van der Waals surface area contributed by atoms with Gasteiger partial charge in [0.25, 0.3) is 0 Å². The molecule has 6 nitrogen and oxygen atoms in total. The number of ether oxygens (including phenoxy) is 2. The van der Waals surface area contributed by atoms with Crippen molar-refractivity contribution in [1.82, 2.24) is 0 Å². The van der Waals surface area contributed by atoms with Gasteiger partial charge < -0.3 is 20.1 Å². The summed E-state index contributed by atoms with van der Waals surface area (Å²) in [4.78, 5) is 23.5. The molecule has 0 atom stereocenters. The molecule has 0 saturated carbocycles. The van der Waals surface area contributed by atoms with E-state index in [-0.39, 0.29) is 18.4 Å². The number of carbonyl (C=O) groups is 2. The fourth-order valence-corrected chi connectivity index (χ4v) is 2.63. The van der Waals surface area contributed by atoms with E-state index in [2.05, 4.69) is 10.6 Å². The summed E-state index contributed by atoms with van der Waals surface area (Å²) in [5.74, 6) is 0.467. The molecule has 1 aliphatic heterocycles. The maximum atomic E-state index is 12.1. The third-order valence-electron chi connectivity index (χ3n) is 3.85. The van der Waals surface area contributed by atoms with Crippen LogP contribution in [0.25, 0.3) is 6.08 Å². The van der Waals surface area contributed by atoms with Gasteiger partial charge in [-0.25, -0.2) is 0 Å². The van der Waals surface area contributed by atoms with Crippen molar-refractivity contribution in [3.63, 3.8) is 0 Å². The first-order valence-electron chi connectivity index (χ1n) is 8.28. The number of fused-ring (bicyclic) bond motifs is 1. The molecule has 0 unspecified atom stereocenters. The molecule has 0 fully saturated rings. The molecule has 0 spiro atoms. The molecule has 0 aliphatic carbocycles. The van der Waals surface area contributed by atoms with Gasteiger partial charge in [0, 0.05) is 31.0 Å². The Kier molecular flexibility index (Phi) is 5.66. The summed E-state index contributed by atoms with van der Waals surface area (Å²) in [5, 5.41) is 5.47. The summed E-state index contributed by atoms with van der Waals surface area (Å²) < 4.78 is 10.2. The molecule has 2 aromatic rings. The minimum atomic E-state index is -0.230. The lowest BCUT2D eigenvalue weighted by Gasteiger charge is -2.06. The zero-order valence-corrected chi connectivity index (χ0v) is 14.5. The Hall–Kier alpha value is -3.12. The van der Waals surface area contributed by atoms with E-state index in [1.165, 1.54) is 18.7 Å². The number of rotatable bonds is 6. The number of anilines is 2. The van der Waals surface area contributed by atoms with Gasteiger partial charge in [0.1, 0.15) is 12.4 Å². The Morgan fingerprint density at radius 2 is 1.85 bits per heavy atom. The van der Waals surface area contributed by atoms with Gasteiger partial charge in [-0.2, -0.15) is 0 Å². The summed E-state index contributed by atoms with van der Waals surface area (Å²) in [6.07, 6.45) is 4.16. The Morgan fingerprint density at radius 1 is 1.12 bits per heavy atom. The van der Waals surface area contributed by atoms with Crippen LogP contribution in [-0.4, -0.2) is 32.1 Å². The van der Waals surface area contributed by atoms with Crippen LogP contribution in [0.3, 0.4) is 0 Å². The first-order chi connectivity index (χ1) is 12.6. The van der Waals surface area contributed by atoms with Crippen molar-refractivity contribution in [3.8, 4) is 5.75 Å². The van der Waals surface area contributed by atoms with Crippen molar-refractivity contribution >= 4 is 29.3 Å². The fourth-order valence-electron chi connectivity index (χ4n) is 2.63. The molecule has 134 valence electrons. The lowest BCUT2D eigenvalue weighted by molar-refractivity contribution is -0.119. The van der Waals surface area contributed by atoms with Gasteiger partial charge in [0.15, 0.2) is 0 Å². The summed E-state index contributed by atoms with van der Waals surface area (Å²) in [7, 11) is 1.46. The summed E-state index contributed by atoms with van der Waals surface area (Å²) >= 11 is 0. The number of hydrogen-bond donors (Lipinski definition) is 2. The van der Waals surface area contributed by atoms with E-state index in [0.717, 1.165) is 17.7 Å². The number of benzene rings is 2. The lowest BCUT2D eigenvalue weighted by atomic mass is 10.1. The van der Waals surface area contributed by atoms with Crippen molar-refractivity contribution < 1.29 is 19.1 Å². The van der Waals surface area contributed by atoms with Crippen LogP contribution in [0.4, 0.5) is 11.4 Å². The highest BCUT2D eigenvalue weighted by Gasteiger charge is 2.11. The van der Waals surface area contributed by atoms with Crippen molar-refractivity contribution in [2.24, 2.45) is 0 Å². The van der Waals surface area contributed by atoms with Gasteiger partial charge in [-0.15, -0.1) is 0 Å². The standard InChI is InChI=1S/C20H20N2O4/c1-25-13-20(24)22-17-6-4-16(5-7-17)21-19(23)9-3-14-2-8-18-15(12-14)10-11-26-18/h2-9,12H,10-11,13H2,1H3,(H,21,23)(H,22,24). The molecule has 2 aromatic carbocycles. The summed E-state index contributed by atoms with van der Waals surface area (Å²) in [6, 6.07) is 12.8. The average molecular weight is 352 g/mol. The van der Waals surface area contributed by atoms with E-state index < -0.39 is 0 Å². The number of hydrogen-bond acceptors (Lipinski definition) is 4. The molecule has 26 heavy (non-hydrogen) atoms. The second kappa shape index (κ2) is 8.31. The fraction of sp³-hybridized carbons (Fsp3) is 0.200. The Labute approximate surface area is 151 Å². The van der Waals surface area contributed by atoms with E-state index in [9.17, 15) is 9.59 Å². The van der Waals surface area contributed by atoms with Crippen LogP contribution in [0.2, 0.25) is 0 Å². The Bertz CT molecular complexity index is 828. The maximum absolute atomic E-state index is 12.1. The van der Waals surface area contributed by atoms with Gasteiger partial charge in [-0.3, -0.25) is 9.59 Å². The molecule has 1 aliphatic rings. The van der Waals surface area contributed by atoms with E-state index in [0.29, 0.717) is 18.0 Å². The molecule has 0 aromatic heterocycles. The van der Waals surface area contributed by atoms with Gasteiger partial charge in [-0.1, -0.05) is 6.07 Å². The molecule has 2 amide bonds. The number of carbonyl (C=O) groups excluding carboxylic acids is 2. The predicted octanol–water partition coefficient (Wildman–Crippen LogP) is 2.86. The van der Waals surface area contributed by atoms with Crippen molar-refractivity contribution in [2.45, 2.75) is 6.42 Å². The molecule has 2 N–H and O–H groups in total. The SMILES string of the molecule is COCC(=O)Nc1ccc(NC(=O)C=Cc2ccc3c(c2)CCO3)cc1. The lowest BCUT2D eigenvalue weighted by Crippen LogP contribution is -2.17. The van der Waals surface area contributed by atoms with Gasteiger partial charge in [0.2, 0.25) is 11.8 Å². The molecule has 3 rings (SSSR count). The molecule has 6 heteroatoms. The first kappa shape index (κ1) is 17.7. The van der Waals surface area contributed by atoms with Crippen LogP contribution < -0.4 is 15.4 Å². The van der Waals surface area contributed by atoms with Crippen molar-refractivity contribution in [1.29, 1.82) is 0 Å². The quantitative estimate of drug-likeness (QED) is 0.784. The van der Waals surface area contributed by atoms with E-state index >= 15 is 0 Å². The Morgan fingerprint density at radius 3 is 2.58 bits per heavy atom. The predicted molar refractivity (Wildman–Crippen MR) is 100 cm³/mol. The summed E-state index contributed by atoms with van der Waals surface area (Å²) in [5.41, 5.74) is 3.41. The maximum Gasteiger partial charge on any atom is 0.250 e. The topological polar surface area (TPSA) is 76.7 Å². The second-order valence-electron chi connectivity index (χ2n) is 5.85. The highest BCUT2D eigenvalue weighted by molar-refractivity contribution is 6.02. The van der Waals surface area contributed by atoms with Crippen LogP contribution >= 0.6 is 0 Å². The van der Waals surface area contributed by atoms with Crippen LogP contribution in [-0.2, 0) is 20.7 Å². The van der Waals surface area contributed by atoms with Crippen LogP contribution in [0.1, 0.15) is 11.1 Å². The molecule has 0 bridgehead atoms. The zero-order valence-electron chi connectivity index (χ0n) is 14.5. The minimum absolute atomic E-state index is 0.00188. The van der Waals surface area contributed by atoms with E-state index in [1.807, 2.05) is 18.2 Å². The normalized spacial score (nSPS) is 12.5. The number of nitrogens with one attached hydrogen (secondary N) is 2. The van der Waals surface area contributed by atoms with Gasteiger partial charge >= 0.3 is 0 Å². The first-order valence-corrected chi connectivity index (χ1v) is 8.28. The average Bonchev–Trinajstić information content (AvgIpc) is 3.09. The number of methoxy groups -OCH3 is 1. The van der Waals surface area contributed by atoms with E-state index in [1.54, 1.807) is 30.3 Å². The molecular weight excluding hydrogens is 332 g/mol. The molecular formula is C20H20N2O4. The smallest absolute Gasteiger partial charge is 0.250 e. The largest absolute Gasteiger partial charge is 0.493 e. The number of amides is 2. The zero-order chi connectivity index (χ0) is 18.4. The van der Waals surface area contributed by atoms with E-state index in [4.69, 9.17) is 9.47 Å². The second-order valence-corrected chi connectivity index (χ2v) is 5.85. The summed E-state index contributed by atoms with van der Waals surface area (Å²) in [6.45, 7) is 0.711. The van der Waals surface area contributed by atoms with Gasteiger partial charge in [-0.05, 0) is 53.6 Å². The highest BCUT2D eigenvalue weighted by Crippen LogP contribution is 2.26. The third kappa shape index (κ3) is 4.70. The van der Waals surface area contributed by atoms with Crippen molar-refractivity contribution in [3.05, 3.63) is 59.7 Å². The van der Waals surface area contributed by atoms with Crippen LogP contribution in [0.5, 0.6) is 5.75 Å². The van der Waals surface area contributed by atoms with Crippen LogP contribution in [0.15, 0.2) is 48.5 Å². The molecule has 0 saturated heterocycles. The molecule has 0 radical (unpaired) electrons. The van der Waals surface area contributed by atoms with Crippen LogP contribution in [0, 0.1) is 0 Å². The Balaban J connectivity index is 1.55. The highest BCUT2D eigenvalue weighted by atomic mass is 16.5. The molecule has 1 heterocycles. The monoisotopic (exact) mass is 352 g/mol. The third-order valence-corrected chi connectivity index (χ3v) is 3.85. The van der Waals surface area contributed by atoms with Gasteiger partial charge in [0.05, 0.1) is 6.61 Å². The van der Waals surface area contributed by atoms with Crippen molar-refractivity contribution in [2.75, 3.05) is 31.0 Å².